The summed E-state index contributed by atoms with van der Waals surface area (Å²) >= 11 is 0. The number of nitrogens with zero attached hydrogens (tertiary/aromatic N) is 4. The number of rotatable bonds is 3. The van der Waals surface area contributed by atoms with Crippen LogP contribution < -0.4 is 0 Å². The highest BCUT2D eigenvalue weighted by molar-refractivity contribution is 7.91. The zero-order valence-corrected chi connectivity index (χ0v) is 15.1. The first-order valence-corrected chi connectivity index (χ1v) is 9.40. The van der Waals surface area contributed by atoms with Gasteiger partial charge in [-0.1, -0.05) is 12.8 Å². The van der Waals surface area contributed by atoms with Crippen molar-refractivity contribution >= 4 is 15.5 Å². The topological polar surface area (TPSA) is 77.2 Å². The van der Waals surface area contributed by atoms with Crippen LogP contribution in [0.3, 0.4) is 0 Å². The molecule has 3 aromatic heterocycles. The monoisotopic (exact) mass is 394 g/mol. The Morgan fingerprint density at radius 2 is 2.00 bits per heavy atom. The van der Waals surface area contributed by atoms with E-state index in [1.165, 1.54) is 31.5 Å². The lowest BCUT2D eigenvalue weighted by Crippen LogP contribution is -2.08. The second-order valence-electron chi connectivity index (χ2n) is 5.49. The Morgan fingerprint density at radius 3 is 2.63 bits per heavy atom. The second-order valence-corrected chi connectivity index (χ2v) is 7.74. The van der Waals surface area contributed by atoms with Crippen molar-refractivity contribution in [3.8, 4) is 23.2 Å². The van der Waals surface area contributed by atoms with Gasteiger partial charge in [-0.05, 0) is 19.1 Å². The van der Waals surface area contributed by atoms with Crippen LogP contribution in [0, 0.1) is 11.8 Å². The Kier molecular flexibility index (Phi) is 4.65. The third-order valence-electron chi connectivity index (χ3n) is 3.69. The molecule has 0 N–H and O–H groups in total. The van der Waals surface area contributed by atoms with Gasteiger partial charge >= 0.3 is 6.18 Å². The minimum absolute atomic E-state index is 0.0516. The molecule has 3 rings (SSSR count). The van der Waals surface area contributed by atoms with E-state index < -0.39 is 21.7 Å². The Hall–Kier alpha value is -2.93. The second kappa shape index (κ2) is 6.66. The van der Waals surface area contributed by atoms with Crippen molar-refractivity contribution in [1.29, 1.82) is 0 Å². The van der Waals surface area contributed by atoms with E-state index in [0.29, 0.717) is 5.56 Å². The Balaban J connectivity index is 2.22. The molecule has 0 fully saturated rings. The van der Waals surface area contributed by atoms with Crippen LogP contribution in [0.2, 0.25) is 0 Å². The SMILES string of the molecule is CC#Cc1cnc(-c2ccn3nc(C(F)(F)F)cc3n2)c(S(=O)(=O)CC)c1. The van der Waals surface area contributed by atoms with Crippen molar-refractivity contribution in [2.24, 2.45) is 0 Å². The standard InChI is InChI=1S/C17H13F3N4O2S/c1-3-5-11-8-13(27(25,26)4-2)16(21-10-11)12-6-7-24-15(22-12)9-14(23-24)17(18,19)20/h6-10H,4H2,1-2H3. The Morgan fingerprint density at radius 1 is 1.26 bits per heavy atom. The van der Waals surface area contributed by atoms with Crippen LogP contribution in [0.25, 0.3) is 17.0 Å². The van der Waals surface area contributed by atoms with E-state index in [-0.39, 0.29) is 27.7 Å². The third kappa shape index (κ3) is 3.64. The molecule has 0 spiro atoms. The minimum atomic E-state index is -4.61. The molecule has 0 aliphatic rings. The maximum Gasteiger partial charge on any atom is 0.435 e. The van der Waals surface area contributed by atoms with Gasteiger partial charge in [-0.25, -0.2) is 17.9 Å². The molecule has 3 heterocycles. The summed E-state index contributed by atoms with van der Waals surface area (Å²) in [6, 6.07) is 3.54. The highest BCUT2D eigenvalue weighted by Crippen LogP contribution is 2.30. The molecule has 27 heavy (non-hydrogen) atoms. The zero-order valence-electron chi connectivity index (χ0n) is 14.2. The van der Waals surface area contributed by atoms with Crippen LogP contribution in [0.1, 0.15) is 25.1 Å². The lowest BCUT2D eigenvalue weighted by atomic mass is 10.2. The fourth-order valence-electron chi connectivity index (χ4n) is 2.39. The molecule has 0 aliphatic carbocycles. The number of aromatic nitrogens is 4. The number of sulfone groups is 1. The highest BCUT2D eigenvalue weighted by atomic mass is 32.2. The van der Waals surface area contributed by atoms with E-state index in [4.69, 9.17) is 0 Å². The zero-order chi connectivity index (χ0) is 19.8. The molecular formula is C17H13F3N4O2S. The summed E-state index contributed by atoms with van der Waals surface area (Å²) in [5.41, 5.74) is -0.568. The fraction of sp³-hybridized carbons (Fsp3) is 0.235. The summed E-state index contributed by atoms with van der Waals surface area (Å²) in [7, 11) is -3.66. The molecule has 10 heteroatoms. The molecule has 140 valence electrons. The first kappa shape index (κ1) is 18.8. The molecule has 0 atom stereocenters. The van der Waals surface area contributed by atoms with Gasteiger partial charge < -0.3 is 0 Å². The average molecular weight is 394 g/mol. The molecule has 3 aromatic rings. The van der Waals surface area contributed by atoms with Gasteiger partial charge in [-0.2, -0.15) is 18.3 Å². The molecule has 0 saturated carbocycles. The molecule has 0 aliphatic heterocycles. The Labute approximate surface area is 153 Å². The molecule has 6 nitrogen and oxygen atoms in total. The van der Waals surface area contributed by atoms with Crippen LogP contribution in [0.15, 0.2) is 35.5 Å². The largest absolute Gasteiger partial charge is 0.435 e. The molecule has 0 bridgehead atoms. The van der Waals surface area contributed by atoms with Gasteiger partial charge in [0.25, 0.3) is 0 Å². The number of halogens is 3. The third-order valence-corrected chi connectivity index (χ3v) is 5.44. The van der Waals surface area contributed by atoms with Crippen LogP contribution in [-0.2, 0) is 16.0 Å². The quantitative estimate of drug-likeness (QED) is 0.639. The first-order chi connectivity index (χ1) is 12.7. The maximum atomic E-state index is 12.8. The van der Waals surface area contributed by atoms with Crippen molar-refractivity contribution in [3.05, 3.63) is 41.9 Å². The fourth-order valence-corrected chi connectivity index (χ4v) is 3.46. The number of hydrogen-bond donors (Lipinski definition) is 0. The van der Waals surface area contributed by atoms with Crippen LogP contribution in [0.5, 0.6) is 0 Å². The molecule has 0 unspecified atom stereocenters. The molecule has 0 radical (unpaired) electrons. The lowest BCUT2D eigenvalue weighted by Gasteiger charge is -2.09. The highest BCUT2D eigenvalue weighted by Gasteiger charge is 2.34. The number of pyridine rings is 1. The van der Waals surface area contributed by atoms with E-state index in [9.17, 15) is 21.6 Å². The average Bonchev–Trinajstić information content (AvgIpc) is 3.05. The number of hydrogen-bond acceptors (Lipinski definition) is 5. The van der Waals surface area contributed by atoms with Gasteiger partial charge in [0.15, 0.2) is 21.2 Å². The van der Waals surface area contributed by atoms with Crippen molar-refractivity contribution < 1.29 is 21.6 Å². The predicted octanol–water partition coefficient (Wildman–Crippen LogP) is 2.98. The molecular weight excluding hydrogens is 381 g/mol. The predicted molar refractivity (Wildman–Crippen MR) is 91.5 cm³/mol. The van der Waals surface area contributed by atoms with Gasteiger partial charge in [0, 0.05) is 24.0 Å². The van der Waals surface area contributed by atoms with Crippen LogP contribution >= 0.6 is 0 Å². The van der Waals surface area contributed by atoms with Gasteiger partial charge in [0.1, 0.15) is 5.69 Å². The van der Waals surface area contributed by atoms with E-state index in [1.807, 2.05) is 0 Å². The number of alkyl halides is 3. The number of fused-ring (bicyclic) bond motifs is 1. The molecule has 0 saturated heterocycles. The summed E-state index contributed by atoms with van der Waals surface area (Å²) in [4.78, 5) is 8.18. The van der Waals surface area contributed by atoms with Crippen molar-refractivity contribution in [3.63, 3.8) is 0 Å². The molecule has 0 aromatic carbocycles. The first-order valence-electron chi connectivity index (χ1n) is 7.75. The van der Waals surface area contributed by atoms with Gasteiger partial charge in [0.05, 0.1) is 16.3 Å². The van der Waals surface area contributed by atoms with Crippen molar-refractivity contribution in [1.82, 2.24) is 19.6 Å². The normalized spacial score (nSPS) is 12.0. The van der Waals surface area contributed by atoms with Crippen molar-refractivity contribution in [2.75, 3.05) is 5.75 Å². The van der Waals surface area contributed by atoms with Gasteiger partial charge in [0.2, 0.25) is 0 Å². The summed E-state index contributed by atoms with van der Waals surface area (Å²) in [6.45, 7) is 3.09. The summed E-state index contributed by atoms with van der Waals surface area (Å²) in [6.07, 6.45) is -1.94. The summed E-state index contributed by atoms with van der Waals surface area (Å²) in [5, 5.41) is 3.42. The summed E-state index contributed by atoms with van der Waals surface area (Å²) < 4.78 is 64.4. The minimum Gasteiger partial charge on any atom is -0.252 e. The van der Waals surface area contributed by atoms with E-state index in [1.54, 1.807) is 6.92 Å². The van der Waals surface area contributed by atoms with Gasteiger partial charge in [-0.3, -0.25) is 4.98 Å². The lowest BCUT2D eigenvalue weighted by molar-refractivity contribution is -0.141. The Bertz CT molecular complexity index is 1190. The molecule has 0 amide bonds. The maximum absolute atomic E-state index is 12.8. The smallest absolute Gasteiger partial charge is 0.252 e. The van der Waals surface area contributed by atoms with Crippen molar-refractivity contribution in [2.45, 2.75) is 24.9 Å². The van der Waals surface area contributed by atoms with Crippen LogP contribution in [0.4, 0.5) is 13.2 Å². The van der Waals surface area contributed by atoms with E-state index in [0.717, 1.165) is 10.6 Å². The summed E-state index contributed by atoms with van der Waals surface area (Å²) in [5.74, 6) is 5.23. The van der Waals surface area contributed by atoms with E-state index >= 15 is 0 Å². The van der Waals surface area contributed by atoms with Gasteiger partial charge in [-0.15, -0.1) is 5.92 Å². The van der Waals surface area contributed by atoms with E-state index in [2.05, 4.69) is 26.9 Å². The van der Waals surface area contributed by atoms with Crippen LogP contribution in [-0.4, -0.2) is 33.8 Å².